The van der Waals surface area contributed by atoms with Crippen LogP contribution in [0.4, 0.5) is 0 Å². The molecule has 14 heavy (non-hydrogen) atoms. The molecule has 0 aromatic heterocycles. The fourth-order valence-electron chi connectivity index (χ4n) is 2.67. The molecule has 1 saturated heterocycles. The third-order valence-corrected chi connectivity index (χ3v) is 3.57. The van der Waals surface area contributed by atoms with Crippen LogP contribution >= 0.6 is 0 Å². The highest BCUT2D eigenvalue weighted by Crippen LogP contribution is 2.41. The van der Waals surface area contributed by atoms with Crippen molar-refractivity contribution >= 4 is 11.8 Å². The molecular formula is C10H15NO3. The van der Waals surface area contributed by atoms with Gasteiger partial charge in [-0.05, 0) is 25.8 Å². The molecular weight excluding hydrogens is 182 g/mol. The highest BCUT2D eigenvalue weighted by molar-refractivity contribution is 5.85. The van der Waals surface area contributed by atoms with Crippen LogP contribution in [-0.4, -0.2) is 29.4 Å². The third-order valence-electron chi connectivity index (χ3n) is 3.57. The lowest BCUT2D eigenvalue weighted by atomic mass is 9.65. The first-order valence-electron chi connectivity index (χ1n) is 5.14. The van der Waals surface area contributed by atoms with Crippen molar-refractivity contribution < 1.29 is 14.7 Å². The molecule has 2 fully saturated rings. The number of nitrogens with one attached hydrogen (secondary N) is 1. The first-order valence-corrected chi connectivity index (χ1v) is 5.14. The zero-order chi connectivity index (χ0) is 10.2. The van der Waals surface area contributed by atoms with E-state index >= 15 is 0 Å². The van der Waals surface area contributed by atoms with E-state index in [2.05, 4.69) is 5.32 Å². The molecule has 1 saturated carbocycles. The number of Topliss-reactive ketones (excluding diaryl/α,β-unsaturated/α-hetero) is 1. The van der Waals surface area contributed by atoms with Crippen LogP contribution in [0, 0.1) is 5.41 Å². The van der Waals surface area contributed by atoms with Gasteiger partial charge in [-0.15, -0.1) is 0 Å². The van der Waals surface area contributed by atoms with Gasteiger partial charge in [-0.3, -0.25) is 9.59 Å². The van der Waals surface area contributed by atoms with E-state index in [9.17, 15) is 14.7 Å². The minimum Gasteiger partial charge on any atom is -0.481 e. The van der Waals surface area contributed by atoms with Crippen LogP contribution in [0.15, 0.2) is 0 Å². The maximum Gasteiger partial charge on any atom is 0.311 e. The molecule has 0 bridgehead atoms. The first kappa shape index (κ1) is 9.65. The summed E-state index contributed by atoms with van der Waals surface area (Å²) in [6, 6.07) is -0.130. The monoisotopic (exact) mass is 197 g/mol. The van der Waals surface area contributed by atoms with Crippen LogP contribution in [0.25, 0.3) is 0 Å². The topological polar surface area (TPSA) is 66.4 Å². The lowest BCUT2D eigenvalue weighted by Crippen LogP contribution is -2.57. The molecule has 2 aliphatic rings. The summed E-state index contributed by atoms with van der Waals surface area (Å²) in [5.74, 6) is -0.538. The third kappa shape index (κ3) is 1.34. The minimum absolute atomic E-state index is 0.130. The zero-order valence-corrected chi connectivity index (χ0v) is 8.08. The molecule has 0 aromatic rings. The van der Waals surface area contributed by atoms with Gasteiger partial charge in [0.25, 0.3) is 0 Å². The predicted molar refractivity (Wildman–Crippen MR) is 50.0 cm³/mol. The van der Waals surface area contributed by atoms with Crippen molar-refractivity contribution in [3.8, 4) is 0 Å². The number of carbonyl (C=O) groups is 2. The summed E-state index contributed by atoms with van der Waals surface area (Å²) < 4.78 is 0. The standard InChI is InChI=1S/C10H15NO3/c12-7-2-4-10(9(13)14)3-1-5-11-8(10)6-7/h8,11H,1-6H2,(H,13,14). The summed E-state index contributed by atoms with van der Waals surface area (Å²) in [5, 5.41) is 12.4. The van der Waals surface area contributed by atoms with Gasteiger partial charge in [-0.25, -0.2) is 0 Å². The van der Waals surface area contributed by atoms with Crippen molar-refractivity contribution in [2.24, 2.45) is 5.41 Å². The number of ketones is 1. The van der Waals surface area contributed by atoms with E-state index in [1.54, 1.807) is 0 Å². The molecule has 1 aliphatic heterocycles. The van der Waals surface area contributed by atoms with Crippen LogP contribution in [0.5, 0.6) is 0 Å². The fourth-order valence-corrected chi connectivity index (χ4v) is 2.67. The van der Waals surface area contributed by atoms with Crippen molar-refractivity contribution in [1.82, 2.24) is 5.32 Å². The van der Waals surface area contributed by atoms with E-state index in [0.717, 1.165) is 13.0 Å². The molecule has 2 unspecified atom stereocenters. The second-order valence-electron chi connectivity index (χ2n) is 4.31. The maximum atomic E-state index is 11.3. The molecule has 78 valence electrons. The van der Waals surface area contributed by atoms with Gasteiger partial charge in [0.1, 0.15) is 5.78 Å². The van der Waals surface area contributed by atoms with Crippen LogP contribution < -0.4 is 5.32 Å². The van der Waals surface area contributed by atoms with Gasteiger partial charge in [0.2, 0.25) is 0 Å². The van der Waals surface area contributed by atoms with Crippen LogP contribution in [0.3, 0.4) is 0 Å². The Kier molecular flexibility index (Phi) is 2.31. The van der Waals surface area contributed by atoms with Gasteiger partial charge in [0, 0.05) is 18.9 Å². The number of carboxylic acids is 1. The molecule has 2 atom stereocenters. The van der Waals surface area contributed by atoms with Crippen molar-refractivity contribution in [2.45, 2.75) is 38.1 Å². The first-order chi connectivity index (χ1) is 6.65. The fraction of sp³-hybridized carbons (Fsp3) is 0.800. The number of aliphatic carboxylic acids is 1. The number of carboxylic acid groups (broad SMARTS) is 1. The zero-order valence-electron chi connectivity index (χ0n) is 8.08. The average Bonchev–Trinajstić information content (AvgIpc) is 2.17. The highest BCUT2D eigenvalue weighted by atomic mass is 16.4. The van der Waals surface area contributed by atoms with Gasteiger partial charge in [0.15, 0.2) is 0 Å². The Morgan fingerprint density at radius 1 is 1.50 bits per heavy atom. The van der Waals surface area contributed by atoms with E-state index in [4.69, 9.17) is 0 Å². The highest BCUT2D eigenvalue weighted by Gasteiger charge is 2.50. The van der Waals surface area contributed by atoms with Gasteiger partial charge in [-0.1, -0.05) is 0 Å². The quantitative estimate of drug-likeness (QED) is 0.644. The lowest BCUT2D eigenvalue weighted by Gasteiger charge is -2.44. The Labute approximate surface area is 82.7 Å². The summed E-state index contributed by atoms with van der Waals surface area (Å²) in [7, 11) is 0. The minimum atomic E-state index is -0.734. The smallest absolute Gasteiger partial charge is 0.311 e. The van der Waals surface area contributed by atoms with Gasteiger partial charge in [-0.2, -0.15) is 0 Å². The van der Waals surface area contributed by atoms with Gasteiger partial charge < -0.3 is 10.4 Å². The molecule has 4 heteroatoms. The normalized spacial score (nSPS) is 37.7. The molecule has 0 amide bonds. The molecule has 4 nitrogen and oxygen atoms in total. The molecule has 2 N–H and O–H groups in total. The van der Waals surface area contributed by atoms with E-state index in [1.807, 2.05) is 0 Å². The van der Waals surface area contributed by atoms with Crippen molar-refractivity contribution in [1.29, 1.82) is 0 Å². The second kappa shape index (κ2) is 3.35. The molecule has 2 rings (SSSR count). The van der Waals surface area contributed by atoms with Gasteiger partial charge >= 0.3 is 5.97 Å². The Balaban J connectivity index is 2.24. The summed E-state index contributed by atoms with van der Waals surface area (Å²) in [6.45, 7) is 0.840. The molecule has 0 spiro atoms. The van der Waals surface area contributed by atoms with E-state index in [1.165, 1.54) is 0 Å². The Morgan fingerprint density at radius 3 is 3.00 bits per heavy atom. The van der Waals surface area contributed by atoms with E-state index in [0.29, 0.717) is 25.7 Å². The van der Waals surface area contributed by atoms with Gasteiger partial charge in [0.05, 0.1) is 5.41 Å². The lowest BCUT2D eigenvalue weighted by molar-refractivity contribution is -0.156. The van der Waals surface area contributed by atoms with Crippen LogP contribution in [0.2, 0.25) is 0 Å². The SMILES string of the molecule is O=C1CCC2(C(=O)O)CCCNC2C1. The number of hydrogen-bond donors (Lipinski definition) is 2. The summed E-state index contributed by atoms with van der Waals surface area (Å²) >= 11 is 0. The van der Waals surface area contributed by atoms with Crippen LogP contribution in [-0.2, 0) is 9.59 Å². The Hall–Kier alpha value is -0.900. The van der Waals surface area contributed by atoms with E-state index < -0.39 is 11.4 Å². The summed E-state index contributed by atoms with van der Waals surface area (Å²) in [5.41, 5.74) is -0.661. The number of rotatable bonds is 1. The molecule has 0 radical (unpaired) electrons. The maximum absolute atomic E-state index is 11.3. The number of carbonyl (C=O) groups excluding carboxylic acids is 1. The average molecular weight is 197 g/mol. The number of fused-ring (bicyclic) bond motifs is 1. The Bertz CT molecular complexity index is 277. The number of hydrogen-bond acceptors (Lipinski definition) is 3. The molecule has 1 aliphatic carbocycles. The summed E-state index contributed by atoms with van der Waals surface area (Å²) in [6.07, 6.45) is 2.96. The van der Waals surface area contributed by atoms with Crippen molar-refractivity contribution in [2.75, 3.05) is 6.54 Å². The predicted octanol–water partition coefficient (Wildman–Crippen LogP) is 0.562. The van der Waals surface area contributed by atoms with E-state index in [-0.39, 0.29) is 11.8 Å². The summed E-state index contributed by atoms with van der Waals surface area (Å²) in [4.78, 5) is 22.5. The molecule has 1 heterocycles. The van der Waals surface area contributed by atoms with Crippen LogP contribution in [0.1, 0.15) is 32.1 Å². The second-order valence-corrected chi connectivity index (χ2v) is 4.31. The molecule has 0 aromatic carbocycles. The number of piperidine rings is 1. The largest absolute Gasteiger partial charge is 0.481 e. The van der Waals surface area contributed by atoms with Crippen molar-refractivity contribution in [3.05, 3.63) is 0 Å². The van der Waals surface area contributed by atoms with Crippen molar-refractivity contribution in [3.63, 3.8) is 0 Å². The Morgan fingerprint density at radius 2 is 2.29 bits per heavy atom.